The Morgan fingerprint density at radius 2 is 2.17 bits per heavy atom. The maximum absolute atomic E-state index is 13.6. The fourth-order valence-corrected chi connectivity index (χ4v) is 3.22. The third-order valence-corrected chi connectivity index (χ3v) is 4.34. The minimum absolute atomic E-state index is 0.317. The zero-order valence-corrected chi connectivity index (χ0v) is 12.5. The molecule has 5 nitrogen and oxygen atoms in total. The summed E-state index contributed by atoms with van der Waals surface area (Å²) in [4.78, 5) is 13.9. The van der Waals surface area contributed by atoms with E-state index in [1.807, 2.05) is 6.20 Å². The van der Waals surface area contributed by atoms with Gasteiger partial charge in [0, 0.05) is 48.5 Å². The molecular weight excluding hydrogens is 295 g/mol. The van der Waals surface area contributed by atoms with E-state index < -0.39 is 6.10 Å². The van der Waals surface area contributed by atoms with Crippen LogP contribution in [0.25, 0.3) is 11.2 Å². The molecule has 1 aliphatic heterocycles. The Balaban J connectivity index is 1.73. The molecule has 1 aromatic carbocycles. The number of aromatic amines is 1. The number of rotatable bonds is 2. The minimum atomic E-state index is -0.617. The van der Waals surface area contributed by atoms with Gasteiger partial charge in [-0.25, -0.2) is 9.37 Å². The van der Waals surface area contributed by atoms with E-state index in [9.17, 15) is 9.50 Å². The third-order valence-electron chi connectivity index (χ3n) is 4.34. The first-order valence-corrected chi connectivity index (χ1v) is 7.72. The van der Waals surface area contributed by atoms with E-state index in [2.05, 4.69) is 19.9 Å². The van der Waals surface area contributed by atoms with Gasteiger partial charge in [0.1, 0.15) is 11.3 Å². The van der Waals surface area contributed by atoms with Gasteiger partial charge in [0.05, 0.1) is 6.10 Å². The number of aliphatic hydroxyl groups is 1. The second-order valence-corrected chi connectivity index (χ2v) is 5.85. The molecular formula is C17H17FN4O. The number of aromatic nitrogens is 3. The maximum atomic E-state index is 13.6. The van der Waals surface area contributed by atoms with Crippen molar-refractivity contribution in [3.63, 3.8) is 0 Å². The van der Waals surface area contributed by atoms with E-state index in [-0.39, 0.29) is 5.82 Å². The Morgan fingerprint density at radius 3 is 3.09 bits per heavy atom. The van der Waals surface area contributed by atoms with Crippen LogP contribution in [0.1, 0.15) is 30.1 Å². The molecule has 3 aromatic rings. The third kappa shape index (κ3) is 2.55. The van der Waals surface area contributed by atoms with Crippen LogP contribution in [0.3, 0.4) is 0 Å². The van der Waals surface area contributed by atoms with Gasteiger partial charge in [-0.2, -0.15) is 0 Å². The number of fused-ring (bicyclic) bond motifs is 2. The van der Waals surface area contributed by atoms with Gasteiger partial charge in [0.25, 0.3) is 0 Å². The number of hydrogen-bond acceptors (Lipinski definition) is 4. The molecule has 0 aliphatic carbocycles. The number of H-pyrrole nitrogens is 1. The lowest BCUT2D eigenvalue weighted by atomic mass is 10.0. The number of hydrogen-bond donors (Lipinski definition) is 2. The van der Waals surface area contributed by atoms with E-state index in [0.717, 1.165) is 35.4 Å². The molecule has 6 heteroatoms. The van der Waals surface area contributed by atoms with Gasteiger partial charge in [-0.05, 0) is 31.0 Å². The summed E-state index contributed by atoms with van der Waals surface area (Å²) in [6, 6.07) is 4.63. The zero-order chi connectivity index (χ0) is 15.8. The van der Waals surface area contributed by atoms with Crippen molar-refractivity contribution in [3.05, 3.63) is 53.7 Å². The van der Waals surface area contributed by atoms with Crippen LogP contribution in [0, 0.1) is 5.82 Å². The van der Waals surface area contributed by atoms with Gasteiger partial charge in [-0.1, -0.05) is 0 Å². The SMILES string of the molecule is OC1CCCN(Cc2c[nH]c3nccnc23)c2ccc(F)cc21. The second-order valence-electron chi connectivity index (χ2n) is 5.85. The standard InChI is InChI=1S/C17H17FN4O/c18-12-3-4-14-13(8-12)15(23)2-1-7-22(14)10-11-9-21-17-16(11)19-5-6-20-17/h3-6,8-9,15,23H,1-2,7,10H2,(H,20,21). The summed E-state index contributed by atoms with van der Waals surface area (Å²) in [6.45, 7) is 1.45. The molecule has 0 saturated heterocycles. The Labute approximate surface area is 132 Å². The molecule has 118 valence electrons. The number of nitrogens with one attached hydrogen (secondary N) is 1. The highest BCUT2D eigenvalue weighted by molar-refractivity contribution is 5.75. The van der Waals surface area contributed by atoms with Crippen LogP contribution in [0.15, 0.2) is 36.8 Å². The van der Waals surface area contributed by atoms with Crippen molar-refractivity contribution in [2.75, 3.05) is 11.4 Å². The van der Waals surface area contributed by atoms with Crippen molar-refractivity contribution in [2.24, 2.45) is 0 Å². The first-order valence-electron chi connectivity index (χ1n) is 7.72. The lowest BCUT2D eigenvalue weighted by Gasteiger charge is -2.25. The molecule has 1 aliphatic rings. The summed E-state index contributed by atoms with van der Waals surface area (Å²) in [5.74, 6) is -0.317. The summed E-state index contributed by atoms with van der Waals surface area (Å²) < 4.78 is 13.6. The molecule has 4 rings (SSSR count). The molecule has 2 N–H and O–H groups in total. The molecule has 0 bridgehead atoms. The van der Waals surface area contributed by atoms with Gasteiger partial charge < -0.3 is 15.0 Å². The summed E-state index contributed by atoms with van der Waals surface area (Å²) >= 11 is 0. The normalized spacial score (nSPS) is 18.0. The van der Waals surface area contributed by atoms with E-state index in [4.69, 9.17) is 0 Å². The molecule has 0 fully saturated rings. The van der Waals surface area contributed by atoms with Crippen molar-refractivity contribution in [3.8, 4) is 0 Å². The summed E-state index contributed by atoms with van der Waals surface area (Å²) in [5, 5.41) is 10.3. The lowest BCUT2D eigenvalue weighted by molar-refractivity contribution is 0.168. The van der Waals surface area contributed by atoms with Crippen LogP contribution in [0.4, 0.5) is 10.1 Å². The highest BCUT2D eigenvalue weighted by atomic mass is 19.1. The van der Waals surface area contributed by atoms with E-state index in [0.29, 0.717) is 18.5 Å². The minimum Gasteiger partial charge on any atom is -0.388 e. The second kappa shape index (κ2) is 5.62. The number of aliphatic hydroxyl groups excluding tert-OH is 1. The van der Waals surface area contributed by atoms with Gasteiger partial charge in [0.2, 0.25) is 0 Å². The monoisotopic (exact) mass is 312 g/mol. The van der Waals surface area contributed by atoms with Gasteiger partial charge in [0.15, 0.2) is 5.65 Å². The fourth-order valence-electron chi connectivity index (χ4n) is 3.22. The van der Waals surface area contributed by atoms with Crippen LogP contribution in [-0.4, -0.2) is 26.6 Å². The molecule has 23 heavy (non-hydrogen) atoms. The summed E-state index contributed by atoms with van der Waals surface area (Å²) in [6.07, 6.45) is 6.12. The van der Waals surface area contributed by atoms with Crippen molar-refractivity contribution < 1.29 is 9.50 Å². The Bertz CT molecular complexity index is 847. The van der Waals surface area contributed by atoms with Crippen molar-refractivity contribution in [1.29, 1.82) is 0 Å². The predicted molar refractivity (Wildman–Crippen MR) is 85.5 cm³/mol. The van der Waals surface area contributed by atoms with E-state index >= 15 is 0 Å². The molecule has 0 amide bonds. The topological polar surface area (TPSA) is 65.0 Å². The Hall–Kier alpha value is -2.47. The van der Waals surface area contributed by atoms with Crippen molar-refractivity contribution in [2.45, 2.75) is 25.5 Å². The van der Waals surface area contributed by atoms with Gasteiger partial charge in [-0.15, -0.1) is 0 Å². The summed E-state index contributed by atoms with van der Waals surface area (Å²) in [5.41, 5.74) is 4.19. The highest BCUT2D eigenvalue weighted by Crippen LogP contribution is 2.34. The summed E-state index contributed by atoms with van der Waals surface area (Å²) in [7, 11) is 0. The average Bonchev–Trinajstić information content (AvgIpc) is 2.90. The Kier molecular flexibility index (Phi) is 3.46. The van der Waals surface area contributed by atoms with Crippen LogP contribution < -0.4 is 4.90 Å². The first kappa shape index (κ1) is 14.1. The van der Waals surface area contributed by atoms with Crippen molar-refractivity contribution in [1.82, 2.24) is 15.0 Å². The van der Waals surface area contributed by atoms with Crippen LogP contribution in [0.2, 0.25) is 0 Å². The van der Waals surface area contributed by atoms with Crippen LogP contribution in [0.5, 0.6) is 0 Å². The molecule has 2 aromatic heterocycles. The number of halogens is 1. The molecule has 1 atom stereocenters. The molecule has 3 heterocycles. The Morgan fingerprint density at radius 1 is 1.30 bits per heavy atom. The maximum Gasteiger partial charge on any atom is 0.156 e. The average molecular weight is 312 g/mol. The number of nitrogens with zero attached hydrogens (tertiary/aromatic N) is 3. The van der Waals surface area contributed by atoms with E-state index in [1.54, 1.807) is 18.5 Å². The first-order chi connectivity index (χ1) is 11.2. The molecule has 0 radical (unpaired) electrons. The number of benzene rings is 1. The highest BCUT2D eigenvalue weighted by Gasteiger charge is 2.23. The van der Waals surface area contributed by atoms with Crippen molar-refractivity contribution >= 4 is 16.9 Å². The van der Waals surface area contributed by atoms with Gasteiger partial charge >= 0.3 is 0 Å². The fraction of sp³-hybridized carbons (Fsp3) is 0.294. The largest absolute Gasteiger partial charge is 0.388 e. The van der Waals surface area contributed by atoms with Crippen LogP contribution in [-0.2, 0) is 6.54 Å². The molecule has 0 spiro atoms. The molecule has 1 unspecified atom stereocenters. The van der Waals surface area contributed by atoms with Gasteiger partial charge in [-0.3, -0.25) is 4.98 Å². The molecule has 0 saturated carbocycles. The van der Waals surface area contributed by atoms with E-state index in [1.165, 1.54) is 12.1 Å². The number of anilines is 1. The smallest absolute Gasteiger partial charge is 0.156 e. The quantitative estimate of drug-likeness (QED) is 0.763. The lowest BCUT2D eigenvalue weighted by Crippen LogP contribution is -2.23. The predicted octanol–water partition coefficient (Wildman–Crippen LogP) is 2.93. The van der Waals surface area contributed by atoms with Crippen LogP contribution >= 0.6 is 0 Å². The zero-order valence-electron chi connectivity index (χ0n) is 12.5.